The molecule has 1 aromatic carbocycles. The van der Waals surface area contributed by atoms with Gasteiger partial charge in [-0.05, 0) is 35.3 Å². The van der Waals surface area contributed by atoms with Gasteiger partial charge in [0.2, 0.25) is 0 Å². The molecule has 0 radical (unpaired) electrons. The first-order valence-electron chi connectivity index (χ1n) is 5.51. The molecule has 90 valence electrons. The van der Waals surface area contributed by atoms with Gasteiger partial charge in [-0.3, -0.25) is 0 Å². The third-order valence-electron chi connectivity index (χ3n) is 2.76. The van der Waals surface area contributed by atoms with Crippen LogP contribution in [-0.2, 0) is 0 Å². The highest BCUT2D eigenvalue weighted by molar-refractivity contribution is 5.56. The lowest BCUT2D eigenvalue weighted by Gasteiger charge is -2.02. The van der Waals surface area contributed by atoms with Gasteiger partial charge in [0, 0.05) is 6.07 Å². The maximum Gasteiger partial charge on any atom is 0.355 e. The summed E-state index contributed by atoms with van der Waals surface area (Å²) in [6, 6.07) is 12.7. The lowest BCUT2D eigenvalue weighted by molar-refractivity contribution is -0.667. The zero-order valence-corrected chi connectivity index (χ0v) is 9.78. The molecule has 18 heavy (non-hydrogen) atoms. The summed E-state index contributed by atoms with van der Waals surface area (Å²) in [5, 5.41) is 12.1. The number of hydrogen-bond donors (Lipinski definition) is 0. The van der Waals surface area contributed by atoms with Crippen molar-refractivity contribution >= 4 is 5.65 Å². The van der Waals surface area contributed by atoms with Gasteiger partial charge in [-0.25, -0.2) is 0 Å². The van der Waals surface area contributed by atoms with Crippen LogP contribution >= 0.6 is 0 Å². The minimum Gasteiger partial charge on any atom is -0.692 e. The maximum atomic E-state index is 12.1. The predicted molar refractivity (Wildman–Crippen MR) is 66.1 cm³/mol. The van der Waals surface area contributed by atoms with Crippen molar-refractivity contribution in [2.24, 2.45) is 0 Å². The van der Waals surface area contributed by atoms with Gasteiger partial charge in [0.1, 0.15) is 5.75 Å². The Morgan fingerprint density at radius 1 is 1.17 bits per heavy atom. The number of rotatable bonds is 2. The third kappa shape index (κ3) is 1.57. The van der Waals surface area contributed by atoms with Crippen LogP contribution in [0.2, 0.25) is 0 Å². The van der Waals surface area contributed by atoms with E-state index in [1.54, 1.807) is 37.6 Å². The van der Waals surface area contributed by atoms with E-state index in [-0.39, 0.29) is 0 Å². The molecule has 0 amide bonds. The molecule has 5 nitrogen and oxygen atoms in total. The molecule has 2 aromatic heterocycles. The molecule has 0 unspecified atom stereocenters. The van der Waals surface area contributed by atoms with Crippen LogP contribution in [0.1, 0.15) is 0 Å². The number of ether oxygens (including phenoxy) is 1. The van der Waals surface area contributed by atoms with Crippen LogP contribution in [0.3, 0.4) is 0 Å². The molecular weight excluding hydrogens is 230 g/mol. The zero-order chi connectivity index (χ0) is 12.5. The fraction of sp³-hybridized carbons (Fsp3) is 0.0769. The van der Waals surface area contributed by atoms with E-state index in [0.29, 0.717) is 11.5 Å². The summed E-state index contributed by atoms with van der Waals surface area (Å²) in [5.74, 6) is 1.13. The summed E-state index contributed by atoms with van der Waals surface area (Å²) in [4.78, 5) is 5.09. The average Bonchev–Trinajstić information content (AvgIpc) is 2.77. The first-order valence-corrected chi connectivity index (χ1v) is 5.51. The Kier molecular flexibility index (Phi) is 2.37. The molecule has 0 atom stereocenters. The Balaban J connectivity index is 2.15. The lowest BCUT2D eigenvalue weighted by Crippen LogP contribution is -2.34. The standard InChI is InChI=1S/C13H11N3O2/c1-18-11-7-5-10(6-8-11)13-14-12-4-2-3-9-15(12)16(13)17/h2-9H,1H3. The summed E-state index contributed by atoms with van der Waals surface area (Å²) in [6.07, 6.45) is 1.68. The number of methoxy groups -OCH3 is 1. The molecule has 0 N–H and O–H groups in total. The van der Waals surface area contributed by atoms with Crippen LogP contribution in [0.4, 0.5) is 0 Å². The van der Waals surface area contributed by atoms with Gasteiger partial charge >= 0.3 is 5.82 Å². The monoisotopic (exact) mass is 241 g/mol. The van der Waals surface area contributed by atoms with E-state index >= 15 is 0 Å². The Morgan fingerprint density at radius 3 is 2.61 bits per heavy atom. The second-order valence-corrected chi connectivity index (χ2v) is 3.84. The fourth-order valence-corrected chi connectivity index (χ4v) is 1.84. The highest BCUT2D eigenvalue weighted by Gasteiger charge is 2.17. The number of benzene rings is 1. The summed E-state index contributed by atoms with van der Waals surface area (Å²) in [6.45, 7) is 0. The molecule has 0 saturated carbocycles. The number of hydrogen-bond acceptors (Lipinski definition) is 3. The SMILES string of the molecule is COc1ccc(-c2nc3ccccn3[n+]2[O-])cc1. The van der Waals surface area contributed by atoms with E-state index in [1.807, 2.05) is 18.2 Å². The zero-order valence-electron chi connectivity index (χ0n) is 9.78. The number of pyridine rings is 1. The molecule has 0 aliphatic carbocycles. The summed E-state index contributed by atoms with van der Waals surface area (Å²) in [7, 11) is 1.60. The quantitative estimate of drug-likeness (QED) is 0.506. The van der Waals surface area contributed by atoms with E-state index in [1.165, 1.54) is 4.52 Å². The van der Waals surface area contributed by atoms with E-state index in [4.69, 9.17) is 4.74 Å². The van der Waals surface area contributed by atoms with Crippen LogP contribution in [0.15, 0.2) is 48.7 Å². The van der Waals surface area contributed by atoms with Crippen LogP contribution in [-0.4, -0.2) is 16.6 Å². The van der Waals surface area contributed by atoms with Crippen LogP contribution in [0.5, 0.6) is 5.75 Å². The third-order valence-corrected chi connectivity index (χ3v) is 2.76. The van der Waals surface area contributed by atoms with Gasteiger partial charge < -0.3 is 9.94 Å². The Hall–Kier alpha value is -2.56. The number of aromatic nitrogens is 3. The molecule has 0 spiro atoms. The fourth-order valence-electron chi connectivity index (χ4n) is 1.84. The molecule has 0 aliphatic heterocycles. The Morgan fingerprint density at radius 2 is 1.94 bits per heavy atom. The van der Waals surface area contributed by atoms with Gasteiger partial charge in [0.15, 0.2) is 0 Å². The van der Waals surface area contributed by atoms with E-state index in [2.05, 4.69) is 4.98 Å². The average molecular weight is 241 g/mol. The molecule has 3 aromatic rings. The lowest BCUT2D eigenvalue weighted by atomic mass is 10.2. The molecule has 0 bridgehead atoms. The van der Waals surface area contributed by atoms with Crippen molar-refractivity contribution in [2.45, 2.75) is 0 Å². The van der Waals surface area contributed by atoms with E-state index in [0.717, 1.165) is 16.2 Å². The highest BCUT2D eigenvalue weighted by atomic mass is 16.5. The second-order valence-electron chi connectivity index (χ2n) is 3.84. The minimum absolute atomic E-state index is 0.379. The second kappa shape index (κ2) is 4.03. The summed E-state index contributed by atoms with van der Waals surface area (Å²) in [5.41, 5.74) is 1.38. The molecule has 2 heterocycles. The molecular formula is C13H11N3O2. The normalized spacial score (nSPS) is 10.7. The summed E-state index contributed by atoms with van der Waals surface area (Å²) < 4.78 is 6.54. The van der Waals surface area contributed by atoms with Gasteiger partial charge in [-0.2, -0.15) is 0 Å². The first-order chi connectivity index (χ1) is 8.79. The van der Waals surface area contributed by atoms with Gasteiger partial charge in [-0.1, -0.05) is 6.07 Å². The van der Waals surface area contributed by atoms with Gasteiger partial charge in [-0.15, -0.1) is 9.36 Å². The Labute approximate surface area is 103 Å². The van der Waals surface area contributed by atoms with Crippen molar-refractivity contribution in [3.8, 4) is 17.1 Å². The van der Waals surface area contributed by atoms with Crippen molar-refractivity contribution in [3.63, 3.8) is 0 Å². The van der Waals surface area contributed by atoms with Crippen LogP contribution < -0.4 is 9.58 Å². The van der Waals surface area contributed by atoms with Gasteiger partial charge in [0.25, 0.3) is 5.65 Å². The van der Waals surface area contributed by atoms with Crippen molar-refractivity contribution in [1.82, 2.24) is 9.50 Å². The van der Waals surface area contributed by atoms with Gasteiger partial charge in [0.05, 0.1) is 18.9 Å². The van der Waals surface area contributed by atoms with E-state index in [9.17, 15) is 5.21 Å². The largest absolute Gasteiger partial charge is 0.692 e. The first kappa shape index (κ1) is 10.6. The molecule has 3 rings (SSSR count). The number of nitrogens with zero attached hydrogens (tertiary/aromatic N) is 3. The Bertz CT molecular complexity index is 689. The summed E-state index contributed by atoms with van der Waals surface area (Å²) >= 11 is 0. The highest BCUT2D eigenvalue weighted by Crippen LogP contribution is 2.18. The van der Waals surface area contributed by atoms with Crippen LogP contribution in [0.25, 0.3) is 17.0 Å². The van der Waals surface area contributed by atoms with Crippen molar-refractivity contribution in [3.05, 3.63) is 53.9 Å². The molecule has 0 saturated heterocycles. The van der Waals surface area contributed by atoms with Crippen molar-refractivity contribution in [2.75, 3.05) is 7.11 Å². The van der Waals surface area contributed by atoms with Crippen LogP contribution in [0, 0.1) is 5.21 Å². The smallest absolute Gasteiger partial charge is 0.355 e. The van der Waals surface area contributed by atoms with Crippen molar-refractivity contribution < 1.29 is 9.58 Å². The maximum absolute atomic E-state index is 12.1. The minimum atomic E-state index is 0.379. The predicted octanol–water partition coefficient (Wildman–Crippen LogP) is 1.64. The topological polar surface area (TPSA) is 53.5 Å². The molecule has 5 heteroatoms. The molecule has 0 aliphatic rings. The number of fused-ring (bicyclic) bond motifs is 1. The molecule has 0 fully saturated rings. The van der Waals surface area contributed by atoms with Crippen molar-refractivity contribution in [1.29, 1.82) is 0 Å². The van der Waals surface area contributed by atoms with E-state index < -0.39 is 0 Å².